The van der Waals surface area contributed by atoms with Crippen molar-refractivity contribution in [3.05, 3.63) is 44.6 Å². The number of ether oxygens (including phenoxy) is 1. The van der Waals surface area contributed by atoms with Gasteiger partial charge in [0.15, 0.2) is 0 Å². The molecule has 0 fully saturated rings. The highest BCUT2D eigenvalue weighted by Gasteiger charge is 2.13. The highest BCUT2D eigenvalue weighted by molar-refractivity contribution is 9.10. The molecule has 0 radical (unpaired) electrons. The molecule has 2 aromatic rings. The molecule has 1 heterocycles. The summed E-state index contributed by atoms with van der Waals surface area (Å²) in [7, 11) is 1.75. The van der Waals surface area contributed by atoms with Crippen LogP contribution < -0.4 is 4.74 Å². The number of hydrogen-bond acceptors (Lipinski definition) is 3. The second-order valence-corrected chi connectivity index (χ2v) is 5.43. The number of rotatable bonds is 4. The van der Waals surface area contributed by atoms with E-state index in [0.29, 0.717) is 15.4 Å². The smallest absolute Gasteiger partial charge is 0.335 e. The van der Waals surface area contributed by atoms with E-state index in [1.165, 1.54) is 12.1 Å². The molecule has 0 amide bonds. The maximum atomic E-state index is 10.9. The van der Waals surface area contributed by atoms with Gasteiger partial charge in [-0.15, -0.1) is 0 Å². The predicted octanol–water partition coefficient (Wildman–Crippen LogP) is 3.42. The third-order valence-corrected chi connectivity index (χ3v) is 3.95. The van der Waals surface area contributed by atoms with Crippen LogP contribution in [-0.4, -0.2) is 20.9 Å². The van der Waals surface area contributed by atoms with Crippen molar-refractivity contribution in [2.75, 3.05) is 0 Å². The third-order valence-electron chi connectivity index (χ3n) is 2.82. The van der Waals surface area contributed by atoms with E-state index in [4.69, 9.17) is 21.4 Å². The first kappa shape index (κ1) is 14.9. The van der Waals surface area contributed by atoms with Crippen molar-refractivity contribution in [1.29, 1.82) is 0 Å². The minimum Gasteiger partial charge on any atom is -0.488 e. The van der Waals surface area contributed by atoms with Crippen LogP contribution in [0.15, 0.2) is 22.7 Å². The summed E-state index contributed by atoms with van der Waals surface area (Å²) in [4.78, 5) is 10.9. The zero-order valence-corrected chi connectivity index (χ0v) is 13.2. The number of aromatic carboxylic acids is 1. The van der Waals surface area contributed by atoms with Gasteiger partial charge in [-0.1, -0.05) is 11.6 Å². The molecule has 0 spiro atoms. The van der Waals surface area contributed by atoms with Gasteiger partial charge in [0.2, 0.25) is 0 Å². The third kappa shape index (κ3) is 2.96. The molecular weight excluding hydrogens is 348 g/mol. The minimum absolute atomic E-state index is 0.164. The van der Waals surface area contributed by atoms with E-state index in [9.17, 15) is 4.79 Å². The van der Waals surface area contributed by atoms with Crippen LogP contribution in [0, 0.1) is 6.92 Å². The second-order valence-electron chi connectivity index (χ2n) is 4.22. The minimum atomic E-state index is -1.00. The fourth-order valence-electron chi connectivity index (χ4n) is 1.73. The topological polar surface area (TPSA) is 64.4 Å². The summed E-state index contributed by atoms with van der Waals surface area (Å²) in [5, 5.41) is 13.7. The maximum absolute atomic E-state index is 10.9. The zero-order valence-electron chi connectivity index (χ0n) is 10.9. The van der Waals surface area contributed by atoms with Gasteiger partial charge >= 0.3 is 5.97 Å². The molecular formula is C13H12BrClN2O3. The number of carbonyl (C=O) groups is 1. The number of carboxylic acid groups (broad SMARTS) is 1. The molecule has 0 saturated heterocycles. The summed E-state index contributed by atoms with van der Waals surface area (Å²) in [5.74, 6) is -0.554. The average molecular weight is 360 g/mol. The Morgan fingerprint density at radius 1 is 1.55 bits per heavy atom. The predicted molar refractivity (Wildman–Crippen MR) is 78.4 cm³/mol. The fraction of sp³-hybridized carbons (Fsp3) is 0.231. The van der Waals surface area contributed by atoms with Crippen LogP contribution in [0.1, 0.15) is 21.6 Å². The standard InChI is InChI=1S/C13H12BrClN2O3/c1-7-9(12(15)17(2)16-7)6-20-11-5-8(13(18)19)3-4-10(11)14/h3-5H,6H2,1-2H3,(H,18,19). The Kier molecular flexibility index (Phi) is 4.35. The van der Waals surface area contributed by atoms with Gasteiger partial charge in [-0.25, -0.2) is 4.79 Å². The van der Waals surface area contributed by atoms with Gasteiger partial charge in [-0.2, -0.15) is 5.10 Å². The number of halogens is 2. The first-order valence-electron chi connectivity index (χ1n) is 5.73. The van der Waals surface area contributed by atoms with Crippen molar-refractivity contribution in [2.45, 2.75) is 13.5 Å². The van der Waals surface area contributed by atoms with E-state index >= 15 is 0 Å². The van der Waals surface area contributed by atoms with Gasteiger partial charge < -0.3 is 9.84 Å². The van der Waals surface area contributed by atoms with Crippen LogP contribution in [0.5, 0.6) is 5.75 Å². The van der Waals surface area contributed by atoms with Gasteiger partial charge in [-0.3, -0.25) is 4.68 Å². The Morgan fingerprint density at radius 2 is 2.25 bits per heavy atom. The molecule has 0 aliphatic heterocycles. The Morgan fingerprint density at radius 3 is 2.80 bits per heavy atom. The first-order chi connectivity index (χ1) is 9.40. The molecule has 0 saturated carbocycles. The molecule has 0 bridgehead atoms. The molecule has 0 aliphatic carbocycles. The van der Waals surface area contributed by atoms with Gasteiger partial charge in [-0.05, 0) is 41.1 Å². The van der Waals surface area contributed by atoms with Crippen LogP contribution in [-0.2, 0) is 13.7 Å². The molecule has 2 rings (SSSR count). The van der Waals surface area contributed by atoms with E-state index in [1.54, 1.807) is 17.8 Å². The molecule has 1 N–H and O–H groups in total. The van der Waals surface area contributed by atoms with Crippen molar-refractivity contribution in [2.24, 2.45) is 7.05 Å². The molecule has 0 aliphatic rings. The van der Waals surface area contributed by atoms with Crippen molar-refractivity contribution in [1.82, 2.24) is 9.78 Å². The van der Waals surface area contributed by atoms with E-state index < -0.39 is 5.97 Å². The second kappa shape index (κ2) is 5.85. The summed E-state index contributed by atoms with van der Waals surface area (Å²) in [6, 6.07) is 4.60. The van der Waals surface area contributed by atoms with E-state index in [1.807, 2.05) is 6.92 Å². The van der Waals surface area contributed by atoms with E-state index in [2.05, 4.69) is 21.0 Å². The first-order valence-corrected chi connectivity index (χ1v) is 6.91. The van der Waals surface area contributed by atoms with Crippen molar-refractivity contribution < 1.29 is 14.6 Å². The monoisotopic (exact) mass is 358 g/mol. The number of nitrogens with zero attached hydrogens (tertiary/aromatic N) is 2. The van der Waals surface area contributed by atoms with Crippen LogP contribution in [0.2, 0.25) is 5.15 Å². The molecule has 5 nitrogen and oxygen atoms in total. The van der Waals surface area contributed by atoms with E-state index in [0.717, 1.165) is 11.3 Å². The van der Waals surface area contributed by atoms with Gasteiger partial charge in [0, 0.05) is 12.6 Å². The van der Waals surface area contributed by atoms with Crippen LogP contribution in [0.3, 0.4) is 0 Å². The van der Waals surface area contributed by atoms with Crippen LogP contribution >= 0.6 is 27.5 Å². The van der Waals surface area contributed by atoms with Crippen molar-refractivity contribution in [3.8, 4) is 5.75 Å². The number of aromatic nitrogens is 2. The summed E-state index contributed by atoms with van der Waals surface area (Å²) >= 11 is 9.44. The van der Waals surface area contributed by atoms with Crippen molar-refractivity contribution in [3.63, 3.8) is 0 Å². The lowest BCUT2D eigenvalue weighted by Gasteiger charge is -2.09. The summed E-state index contributed by atoms with van der Waals surface area (Å²) in [6.45, 7) is 2.06. The lowest BCUT2D eigenvalue weighted by Crippen LogP contribution is -2.01. The average Bonchev–Trinajstić information content (AvgIpc) is 2.63. The largest absolute Gasteiger partial charge is 0.488 e. The zero-order chi connectivity index (χ0) is 14.9. The molecule has 7 heteroatoms. The van der Waals surface area contributed by atoms with Gasteiger partial charge in [0.05, 0.1) is 15.7 Å². The van der Waals surface area contributed by atoms with Crippen molar-refractivity contribution >= 4 is 33.5 Å². The Hall–Kier alpha value is -1.53. The lowest BCUT2D eigenvalue weighted by atomic mass is 10.2. The summed E-state index contributed by atoms with van der Waals surface area (Å²) < 4.78 is 7.89. The molecule has 0 atom stereocenters. The fourth-order valence-corrected chi connectivity index (χ4v) is 2.32. The molecule has 0 unspecified atom stereocenters. The highest BCUT2D eigenvalue weighted by atomic mass is 79.9. The maximum Gasteiger partial charge on any atom is 0.335 e. The number of benzene rings is 1. The molecule has 20 heavy (non-hydrogen) atoms. The lowest BCUT2D eigenvalue weighted by molar-refractivity contribution is 0.0696. The number of carboxylic acids is 1. The Bertz CT molecular complexity index is 670. The normalized spacial score (nSPS) is 10.6. The van der Waals surface area contributed by atoms with Gasteiger partial charge in [0.1, 0.15) is 17.5 Å². The quantitative estimate of drug-likeness (QED) is 0.908. The number of aryl methyl sites for hydroxylation is 2. The highest BCUT2D eigenvalue weighted by Crippen LogP contribution is 2.28. The Balaban J connectivity index is 2.22. The number of hydrogen-bond donors (Lipinski definition) is 1. The summed E-state index contributed by atoms with van der Waals surface area (Å²) in [5.41, 5.74) is 1.72. The summed E-state index contributed by atoms with van der Waals surface area (Å²) in [6.07, 6.45) is 0. The van der Waals surface area contributed by atoms with Crippen LogP contribution in [0.4, 0.5) is 0 Å². The van der Waals surface area contributed by atoms with E-state index in [-0.39, 0.29) is 12.2 Å². The van der Waals surface area contributed by atoms with Crippen LogP contribution in [0.25, 0.3) is 0 Å². The SMILES string of the molecule is Cc1nn(C)c(Cl)c1COc1cc(C(=O)O)ccc1Br. The van der Waals surface area contributed by atoms with Gasteiger partial charge in [0.25, 0.3) is 0 Å². The molecule has 1 aromatic carbocycles. The molecule has 106 valence electrons. The molecule has 1 aromatic heterocycles. The Labute approximate surface area is 129 Å².